The van der Waals surface area contributed by atoms with Crippen LogP contribution in [0.25, 0.3) is 5.69 Å². The van der Waals surface area contributed by atoms with Gasteiger partial charge in [-0.3, -0.25) is 0 Å². The molecule has 0 unspecified atom stereocenters. The van der Waals surface area contributed by atoms with Crippen LogP contribution in [0.15, 0.2) is 24.5 Å². The number of benzene rings is 1. The van der Waals surface area contributed by atoms with Crippen molar-refractivity contribution in [3.8, 4) is 11.8 Å². The molecule has 4 nitrogen and oxygen atoms in total. The summed E-state index contributed by atoms with van der Waals surface area (Å²) in [7, 11) is 0. The molecule has 0 aliphatic carbocycles. The van der Waals surface area contributed by atoms with Crippen LogP contribution in [0, 0.1) is 24.1 Å². The molecule has 0 N–H and O–H groups in total. The van der Waals surface area contributed by atoms with Crippen LogP contribution in [0.1, 0.15) is 11.4 Å². The van der Waals surface area contributed by atoms with Crippen LogP contribution in [-0.4, -0.2) is 14.8 Å². The average molecular weight is 202 g/mol. The van der Waals surface area contributed by atoms with Crippen molar-refractivity contribution in [1.29, 1.82) is 5.26 Å². The summed E-state index contributed by atoms with van der Waals surface area (Å²) in [5, 5.41) is 12.5. The Morgan fingerprint density at radius 2 is 2.27 bits per heavy atom. The van der Waals surface area contributed by atoms with Crippen molar-refractivity contribution >= 4 is 0 Å². The van der Waals surface area contributed by atoms with Gasteiger partial charge in [0.25, 0.3) is 0 Å². The third-order valence-corrected chi connectivity index (χ3v) is 2.02. The largest absolute Gasteiger partial charge is 0.220 e. The fraction of sp³-hybridized carbons (Fsp3) is 0.100. The van der Waals surface area contributed by atoms with Gasteiger partial charge in [-0.15, -0.1) is 0 Å². The molecule has 1 aromatic carbocycles. The summed E-state index contributed by atoms with van der Waals surface area (Å²) in [5.41, 5.74) is 0.581. The second kappa shape index (κ2) is 3.50. The zero-order chi connectivity index (χ0) is 10.8. The number of rotatable bonds is 1. The van der Waals surface area contributed by atoms with Gasteiger partial charge < -0.3 is 0 Å². The van der Waals surface area contributed by atoms with E-state index in [0.717, 1.165) is 0 Å². The second-order valence-electron chi connectivity index (χ2n) is 3.00. The Hall–Kier alpha value is -2.22. The first-order chi connectivity index (χ1) is 7.22. The summed E-state index contributed by atoms with van der Waals surface area (Å²) >= 11 is 0. The third-order valence-electron chi connectivity index (χ3n) is 2.02. The van der Waals surface area contributed by atoms with Crippen molar-refractivity contribution in [2.75, 3.05) is 0 Å². The van der Waals surface area contributed by atoms with Gasteiger partial charge in [-0.1, -0.05) is 0 Å². The second-order valence-corrected chi connectivity index (χ2v) is 3.00. The number of nitriles is 1. The SMILES string of the molecule is Cc1ncnn1-c1ccc(C#N)cc1F. The van der Waals surface area contributed by atoms with E-state index in [2.05, 4.69) is 10.1 Å². The maximum Gasteiger partial charge on any atom is 0.150 e. The van der Waals surface area contributed by atoms with Gasteiger partial charge in [-0.2, -0.15) is 10.4 Å². The first-order valence-corrected chi connectivity index (χ1v) is 4.29. The predicted molar refractivity (Wildman–Crippen MR) is 50.8 cm³/mol. The molecule has 0 radical (unpaired) electrons. The van der Waals surface area contributed by atoms with Gasteiger partial charge in [0.05, 0.1) is 11.6 Å². The number of aromatic nitrogens is 3. The van der Waals surface area contributed by atoms with Gasteiger partial charge >= 0.3 is 0 Å². The van der Waals surface area contributed by atoms with Crippen molar-refractivity contribution in [2.24, 2.45) is 0 Å². The fourth-order valence-electron chi connectivity index (χ4n) is 1.28. The van der Waals surface area contributed by atoms with Crippen LogP contribution in [0.2, 0.25) is 0 Å². The van der Waals surface area contributed by atoms with Crippen LogP contribution >= 0.6 is 0 Å². The highest BCUT2D eigenvalue weighted by Gasteiger charge is 2.08. The topological polar surface area (TPSA) is 54.5 Å². The minimum atomic E-state index is -0.484. The maximum atomic E-state index is 13.5. The van der Waals surface area contributed by atoms with E-state index in [1.54, 1.807) is 13.0 Å². The Labute approximate surface area is 85.6 Å². The minimum Gasteiger partial charge on any atom is -0.220 e. The first-order valence-electron chi connectivity index (χ1n) is 4.29. The van der Waals surface area contributed by atoms with E-state index >= 15 is 0 Å². The molecule has 0 bridgehead atoms. The molecule has 15 heavy (non-hydrogen) atoms. The summed E-state index contributed by atoms with van der Waals surface area (Å²) in [4.78, 5) is 3.90. The molecule has 0 aliphatic heterocycles. The average Bonchev–Trinajstić information content (AvgIpc) is 2.64. The highest BCUT2D eigenvalue weighted by atomic mass is 19.1. The molecule has 1 heterocycles. The molecule has 0 aliphatic rings. The van der Waals surface area contributed by atoms with Gasteiger partial charge in [-0.05, 0) is 25.1 Å². The van der Waals surface area contributed by atoms with E-state index in [1.165, 1.54) is 23.1 Å². The lowest BCUT2D eigenvalue weighted by molar-refractivity contribution is 0.607. The van der Waals surface area contributed by atoms with Crippen molar-refractivity contribution < 1.29 is 4.39 Å². The summed E-state index contributed by atoms with van der Waals surface area (Å²) < 4.78 is 14.9. The molecule has 0 atom stereocenters. The molecular weight excluding hydrogens is 195 g/mol. The van der Waals surface area contributed by atoms with E-state index in [9.17, 15) is 4.39 Å². The smallest absolute Gasteiger partial charge is 0.150 e. The van der Waals surface area contributed by atoms with Crippen molar-refractivity contribution in [2.45, 2.75) is 6.92 Å². The highest BCUT2D eigenvalue weighted by molar-refractivity contribution is 5.40. The third kappa shape index (κ3) is 1.57. The molecule has 2 rings (SSSR count). The lowest BCUT2D eigenvalue weighted by Gasteiger charge is -2.04. The number of hydrogen-bond donors (Lipinski definition) is 0. The normalized spacial score (nSPS) is 9.93. The fourth-order valence-corrected chi connectivity index (χ4v) is 1.28. The van der Waals surface area contributed by atoms with E-state index in [-0.39, 0.29) is 5.56 Å². The van der Waals surface area contributed by atoms with Crippen LogP contribution in [-0.2, 0) is 0 Å². The monoisotopic (exact) mass is 202 g/mol. The lowest BCUT2D eigenvalue weighted by atomic mass is 10.2. The predicted octanol–water partition coefficient (Wildman–Crippen LogP) is 1.59. The zero-order valence-electron chi connectivity index (χ0n) is 7.98. The minimum absolute atomic E-state index is 0.286. The van der Waals surface area contributed by atoms with Gasteiger partial charge in [0.15, 0.2) is 0 Å². The molecule has 0 amide bonds. The molecule has 74 valence electrons. The molecule has 0 saturated heterocycles. The zero-order valence-corrected chi connectivity index (χ0v) is 7.98. The lowest BCUT2D eigenvalue weighted by Crippen LogP contribution is -2.02. The summed E-state index contributed by atoms with van der Waals surface area (Å²) in [6.45, 7) is 1.73. The highest BCUT2D eigenvalue weighted by Crippen LogP contribution is 2.14. The molecular formula is C10H7FN4. The van der Waals surface area contributed by atoms with Gasteiger partial charge in [-0.25, -0.2) is 14.1 Å². The van der Waals surface area contributed by atoms with Gasteiger partial charge in [0, 0.05) is 0 Å². The van der Waals surface area contributed by atoms with Gasteiger partial charge in [0.2, 0.25) is 0 Å². The summed E-state index contributed by atoms with van der Waals surface area (Å²) in [6, 6.07) is 6.10. The van der Waals surface area contributed by atoms with E-state index in [4.69, 9.17) is 5.26 Å². The van der Waals surface area contributed by atoms with Crippen LogP contribution < -0.4 is 0 Å². The van der Waals surface area contributed by atoms with Crippen molar-refractivity contribution in [3.05, 3.63) is 41.7 Å². The Morgan fingerprint density at radius 3 is 2.80 bits per heavy atom. The number of hydrogen-bond acceptors (Lipinski definition) is 3. The Kier molecular flexibility index (Phi) is 2.18. The molecule has 0 fully saturated rings. The molecule has 0 saturated carbocycles. The van der Waals surface area contributed by atoms with Gasteiger partial charge in [0.1, 0.15) is 23.7 Å². The van der Waals surface area contributed by atoms with Crippen LogP contribution in [0.5, 0.6) is 0 Å². The molecule has 0 spiro atoms. The van der Waals surface area contributed by atoms with E-state index in [0.29, 0.717) is 11.5 Å². The maximum absolute atomic E-state index is 13.5. The van der Waals surface area contributed by atoms with Crippen molar-refractivity contribution in [1.82, 2.24) is 14.8 Å². The Balaban J connectivity index is 2.56. The Morgan fingerprint density at radius 1 is 1.47 bits per heavy atom. The van der Waals surface area contributed by atoms with E-state index in [1.807, 2.05) is 6.07 Å². The van der Waals surface area contributed by atoms with E-state index < -0.39 is 5.82 Å². The van der Waals surface area contributed by atoms with Crippen LogP contribution in [0.4, 0.5) is 4.39 Å². The number of nitrogens with zero attached hydrogens (tertiary/aromatic N) is 4. The molecule has 2 aromatic rings. The van der Waals surface area contributed by atoms with Crippen molar-refractivity contribution in [3.63, 3.8) is 0 Å². The summed E-state index contributed by atoms with van der Waals surface area (Å²) in [6.07, 6.45) is 1.35. The Bertz CT molecular complexity index is 539. The molecule has 5 heteroatoms. The standard InChI is InChI=1S/C10H7FN4/c1-7-13-6-14-15(7)10-3-2-8(5-12)4-9(10)11/h2-4,6H,1H3. The summed E-state index contributed by atoms with van der Waals surface area (Å²) in [5.74, 6) is 0.112. The number of aryl methyl sites for hydroxylation is 1. The number of halogens is 1. The van der Waals surface area contributed by atoms with Crippen LogP contribution in [0.3, 0.4) is 0 Å². The quantitative estimate of drug-likeness (QED) is 0.705. The first kappa shape index (κ1) is 9.34. The molecule has 1 aromatic heterocycles.